The molecule has 0 aromatic heterocycles. The lowest BCUT2D eigenvalue weighted by molar-refractivity contribution is -0.133. The fraction of sp³-hybridized carbons (Fsp3) is 0.500. The lowest BCUT2D eigenvalue weighted by Crippen LogP contribution is -2.41. The van der Waals surface area contributed by atoms with Crippen LogP contribution in [-0.4, -0.2) is 42.7 Å². The standard InChI is InChI=1S/C28H38F2N2O5/c1-27(2,3)16-25(33)32(13-12-31-26(34)37-28(4,5)6)17-19-8-11-23(24(14-19)35-7)36-18-20-9-10-21(29)15-22(20)30/h8-11,14-15H,12-13,16-18H2,1-7H3,(H,31,34). The number of carbonyl (C=O) groups excluding carboxylic acids is 2. The Morgan fingerprint density at radius 1 is 0.973 bits per heavy atom. The van der Waals surface area contributed by atoms with E-state index in [1.807, 2.05) is 20.8 Å². The Morgan fingerprint density at radius 3 is 2.27 bits per heavy atom. The Balaban J connectivity index is 2.11. The summed E-state index contributed by atoms with van der Waals surface area (Å²) in [5, 5.41) is 2.69. The summed E-state index contributed by atoms with van der Waals surface area (Å²) in [6, 6.07) is 8.52. The van der Waals surface area contributed by atoms with Crippen molar-refractivity contribution in [3.8, 4) is 11.5 Å². The molecular weight excluding hydrogens is 482 g/mol. The van der Waals surface area contributed by atoms with Crippen molar-refractivity contribution in [2.24, 2.45) is 5.41 Å². The van der Waals surface area contributed by atoms with Crippen LogP contribution in [0.3, 0.4) is 0 Å². The second-order valence-corrected chi connectivity index (χ2v) is 11.0. The van der Waals surface area contributed by atoms with Crippen LogP contribution in [0.1, 0.15) is 59.1 Å². The molecule has 0 aliphatic carbocycles. The normalized spacial score (nSPS) is 11.6. The van der Waals surface area contributed by atoms with Crippen molar-refractivity contribution >= 4 is 12.0 Å². The van der Waals surface area contributed by atoms with Crippen molar-refractivity contribution in [3.63, 3.8) is 0 Å². The van der Waals surface area contributed by atoms with Gasteiger partial charge in [-0.1, -0.05) is 26.8 Å². The van der Waals surface area contributed by atoms with Crippen LogP contribution in [0.15, 0.2) is 36.4 Å². The number of hydrogen-bond donors (Lipinski definition) is 1. The average Bonchev–Trinajstić information content (AvgIpc) is 2.76. The third-order valence-electron chi connectivity index (χ3n) is 5.08. The van der Waals surface area contributed by atoms with Gasteiger partial charge in [0.15, 0.2) is 11.5 Å². The highest BCUT2D eigenvalue weighted by Crippen LogP contribution is 2.30. The number of hydrogen-bond acceptors (Lipinski definition) is 5. The fourth-order valence-electron chi connectivity index (χ4n) is 3.41. The van der Waals surface area contributed by atoms with Crippen LogP contribution in [-0.2, 0) is 22.7 Å². The van der Waals surface area contributed by atoms with Crippen LogP contribution in [0.4, 0.5) is 13.6 Å². The predicted molar refractivity (Wildman–Crippen MR) is 137 cm³/mol. The van der Waals surface area contributed by atoms with Gasteiger partial charge in [0, 0.05) is 37.7 Å². The smallest absolute Gasteiger partial charge is 0.407 e. The van der Waals surface area contributed by atoms with Crippen LogP contribution in [0.2, 0.25) is 0 Å². The van der Waals surface area contributed by atoms with Gasteiger partial charge in [0.2, 0.25) is 5.91 Å². The highest BCUT2D eigenvalue weighted by atomic mass is 19.1. The molecule has 7 nitrogen and oxygen atoms in total. The predicted octanol–water partition coefficient (Wildman–Crippen LogP) is 5.84. The van der Waals surface area contributed by atoms with Gasteiger partial charge >= 0.3 is 6.09 Å². The fourth-order valence-corrected chi connectivity index (χ4v) is 3.41. The van der Waals surface area contributed by atoms with E-state index in [1.54, 1.807) is 43.9 Å². The maximum atomic E-state index is 13.9. The zero-order valence-electron chi connectivity index (χ0n) is 22.7. The summed E-state index contributed by atoms with van der Waals surface area (Å²) in [7, 11) is 1.48. The highest BCUT2D eigenvalue weighted by molar-refractivity contribution is 5.77. The van der Waals surface area contributed by atoms with Crippen molar-refractivity contribution in [1.29, 1.82) is 0 Å². The zero-order valence-corrected chi connectivity index (χ0v) is 22.7. The molecule has 204 valence electrons. The largest absolute Gasteiger partial charge is 0.493 e. The molecule has 2 aromatic carbocycles. The van der Waals surface area contributed by atoms with Crippen LogP contribution >= 0.6 is 0 Å². The number of rotatable bonds is 10. The highest BCUT2D eigenvalue weighted by Gasteiger charge is 2.23. The van der Waals surface area contributed by atoms with Gasteiger partial charge in [0.1, 0.15) is 23.8 Å². The van der Waals surface area contributed by atoms with E-state index in [-0.39, 0.29) is 36.6 Å². The number of amides is 2. The average molecular weight is 521 g/mol. The minimum atomic E-state index is -0.691. The number of nitrogens with one attached hydrogen (secondary N) is 1. The summed E-state index contributed by atoms with van der Waals surface area (Å²) in [4.78, 5) is 26.8. The number of nitrogens with zero attached hydrogens (tertiary/aromatic N) is 1. The Kier molecular flexibility index (Phi) is 10.3. The van der Waals surface area contributed by atoms with E-state index in [2.05, 4.69) is 5.32 Å². The van der Waals surface area contributed by atoms with E-state index in [4.69, 9.17) is 14.2 Å². The van der Waals surface area contributed by atoms with Gasteiger partial charge in [0.25, 0.3) is 0 Å². The molecule has 2 amide bonds. The summed E-state index contributed by atoms with van der Waals surface area (Å²) < 4.78 is 43.5. The van der Waals surface area contributed by atoms with E-state index in [9.17, 15) is 18.4 Å². The summed E-state index contributed by atoms with van der Waals surface area (Å²) in [6.07, 6.45) is -0.211. The maximum Gasteiger partial charge on any atom is 0.407 e. The van der Waals surface area contributed by atoms with Crippen LogP contribution in [0.25, 0.3) is 0 Å². The van der Waals surface area contributed by atoms with Crippen molar-refractivity contribution in [3.05, 3.63) is 59.2 Å². The molecule has 0 heterocycles. The first-order valence-electron chi connectivity index (χ1n) is 12.1. The lowest BCUT2D eigenvalue weighted by Gasteiger charge is -2.27. The number of methoxy groups -OCH3 is 1. The molecule has 0 unspecified atom stereocenters. The van der Waals surface area contributed by atoms with E-state index >= 15 is 0 Å². The van der Waals surface area contributed by atoms with E-state index < -0.39 is 23.3 Å². The van der Waals surface area contributed by atoms with E-state index in [1.165, 1.54) is 19.2 Å². The topological polar surface area (TPSA) is 77.1 Å². The zero-order chi connectivity index (χ0) is 27.8. The van der Waals surface area contributed by atoms with E-state index in [0.717, 1.165) is 11.6 Å². The van der Waals surface area contributed by atoms with Gasteiger partial charge in [-0.05, 0) is 56.0 Å². The van der Waals surface area contributed by atoms with Crippen molar-refractivity contribution in [2.45, 2.75) is 66.7 Å². The molecule has 0 saturated heterocycles. The Bertz CT molecular complexity index is 1080. The van der Waals surface area contributed by atoms with Gasteiger partial charge < -0.3 is 24.4 Å². The summed E-state index contributed by atoms with van der Waals surface area (Å²) in [6.45, 7) is 12.0. The Labute approximate surface area is 218 Å². The second kappa shape index (κ2) is 12.7. The number of alkyl carbamates (subject to hydrolysis) is 1. The maximum absolute atomic E-state index is 13.9. The molecule has 0 saturated carbocycles. The molecule has 0 radical (unpaired) electrons. The molecule has 2 aromatic rings. The molecular formula is C28H38F2N2O5. The molecule has 0 aliphatic heterocycles. The first kappa shape index (κ1) is 29.9. The molecule has 1 N–H and O–H groups in total. The summed E-state index contributed by atoms with van der Waals surface area (Å²) in [5.74, 6) is -0.604. The van der Waals surface area contributed by atoms with Crippen molar-refractivity contribution in [1.82, 2.24) is 10.2 Å². The molecule has 0 fully saturated rings. The minimum absolute atomic E-state index is 0.0513. The molecule has 2 rings (SSSR count). The number of ether oxygens (including phenoxy) is 3. The SMILES string of the molecule is COc1cc(CN(CCNC(=O)OC(C)(C)C)C(=O)CC(C)(C)C)ccc1OCc1ccc(F)cc1F. The van der Waals surface area contributed by atoms with Crippen molar-refractivity contribution in [2.75, 3.05) is 20.2 Å². The third kappa shape index (κ3) is 10.7. The van der Waals surface area contributed by atoms with Gasteiger partial charge in [-0.25, -0.2) is 13.6 Å². The monoisotopic (exact) mass is 520 g/mol. The van der Waals surface area contributed by atoms with Gasteiger partial charge in [0.05, 0.1) is 7.11 Å². The van der Waals surface area contributed by atoms with Crippen LogP contribution in [0, 0.1) is 17.0 Å². The van der Waals surface area contributed by atoms with Crippen LogP contribution in [0.5, 0.6) is 11.5 Å². The number of carbonyl (C=O) groups is 2. The molecule has 0 atom stereocenters. The number of benzene rings is 2. The molecule has 37 heavy (non-hydrogen) atoms. The Morgan fingerprint density at radius 2 is 1.68 bits per heavy atom. The minimum Gasteiger partial charge on any atom is -0.493 e. The van der Waals surface area contributed by atoms with Gasteiger partial charge in [-0.2, -0.15) is 0 Å². The first-order chi connectivity index (χ1) is 17.2. The third-order valence-corrected chi connectivity index (χ3v) is 5.08. The van der Waals surface area contributed by atoms with E-state index in [0.29, 0.717) is 24.5 Å². The van der Waals surface area contributed by atoms with Gasteiger partial charge in [-0.3, -0.25) is 4.79 Å². The lowest BCUT2D eigenvalue weighted by atomic mass is 9.91. The molecule has 0 aliphatic rings. The van der Waals surface area contributed by atoms with Crippen molar-refractivity contribution < 1.29 is 32.6 Å². The quantitative estimate of drug-likeness (QED) is 0.426. The summed E-state index contributed by atoms with van der Waals surface area (Å²) >= 11 is 0. The molecule has 0 bridgehead atoms. The second-order valence-electron chi connectivity index (χ2n) is 11.0. The Hall–Kier alpha value is -3.36. The molecule has 0 spiro atoms. The van der Waals surface area contributed by atoms with Crippen LogP contribution < -0.4 is 14.8 Å². The summed E-state index contributed by atoms with van der Waals surface area (Å²) in [5.41, 5.74) is 0.175. The molecule has 9 heteroatoms. The number of halogens is 2. The van der Waals surface area contributed by atoms with Gasteiger partial charge in [-0.15, -0.1) is 0 Å². The first-order valence-corrected chi connectivity index (χ1v) is 12.1.